The number of ether oxygens (including phenoxy) is 1. The monoisotopic (exact) mass is 301 g/mol. The van der Waals surface area contributed by atoms with Gasteiger partial charge in [-0.15, -0.1) is 0 Å². The van der Waals surface area contributed by atoms with Crippen molar-refractivity contribution in [2.24, 2.45) is 5.92 Å². The second kappa shape index (κ2) is 6.26. The molecule has 3 atom stereocenters. The van der Waals surface area contributed by atoms with Gasteiger partial charge in [-0.05, 0) is 50.3 Å². The quantitative estimate of drug-likeness (QED) is 0.833. The smallest absolute Gasteiger partial charge is 0.0897 e. The predicted octanol–water partition coefficient (Wildman–Crippen LogP) is 2.16. The van der Waals surface area contributed by atoms with Gasteiger partial charge in [0.15, 0.2) is 0 Å². The number of hydrogen-bond donors (Lipinski definition) is 0. The van der Waals surface area contributed by atoms with Crippen molar-refractivity contribution in [1.29, 1.82) is 0 Å². The van der Waals surface area contributed by atoms with Gasteiger partial charge in [0, 0.05) is 44.7 Å². The van der Waals surface area contributed by atoms with Crippen molar-refractivity contribution >= 4 is 0 Å². The Bertz CT molecular complexity index is 490. The van der Waals surface area contributed by atoms with E-state index in [1.54, 1.807) is 0 Å². The van der Waals surface area contributed by atoms with E-state index in [0.29, 0.717) is 18.2 Å². The van der Waals surface area contributed by atoms with Crippen molar-refractivity contribution < 1.29 is 4.74 Å². The molecule has 0 aromatic carbocycles. The number of nitrogens with zero attached hydrogens (tertiary/aromatic N) is 3. The Kier molecular flexibility index (Phi) is 4.16. The van der Waals surface area contributed by atoms with Crippen molar-refractivity contribution in [1.82, 2.24) is 14.8 Å². The van der Waals surface area contributed by atoms with Crippen molar-refractivity contribution in [2.45, 2.75) is 50.4 Å². The van der Waals surface area contributed by atoms with Gasteiger partial charge in [0.05, 0.1) is 12.1 Å². The minimum Gasteiger partial charge on any atom is -0.375 e. The fourth-order valence-electron chi connectivity index (χ4n) is 4.15. The summed E-state index contributed by atoms with van der Waals surface area (Å²) in [4.78, 5) is 9.45. The summed E-state index contributed by atoms with van der Waals surface area (Å²) in [7, 11) is 2.24. The van der Waals surface area contributed by atoms with E-state index in [0.717, 1.165) is 19.1 Å². The maximum absolute atomic E-state index is 6.21. The molecular weight excluding hydrogens is 274 g/mol. The Balaban J connectivity index is 1.45. The van der Waals surface area contributed by atoms with E-state index in [1.807, 2.05) is 18.5 Å². The van der Waals surface area contributed by atoms with Gasteiger partial charge in [-0.25, -0.2) is 0 Å². The average Bonchev–Trinajstić information content (AvgIpc) is 3.29. The van der Waals surface area contributed by atoms with Crippen molar-refractivity contribution in [3.05, 3.63) is 30.1 Å². The first-order chi connectivity index (χ1) is 10.8. The normalized spacial score (nSPS) is 32.4. The van der Waals surface area contributed by atoms with Gasteiger partial charge in [-0.1, -0.05) is 6.07 Å². The molecule has 4 nitrogen and oxygen atoms in total. The van der Waals surface area contributed by atoms with Gasteiger partial charge in [-0.3, -0.25) is 14.8 Å². The molecule has 2 aliphatic heterocycles. The zero-order chi connectivity index (χ0) is 14.9. The van der Waals surface area contributed by atoms with Crippen molar-refractivity contribution in [2.75, 3.05) is 26.7 Å². The van der Waals surface area contributed by atoms with Gasteiger partial charge < -0.3 is 4.74 Å². The zero-order valence-corrected chi connectivity index (χ0v) is 13.5. The Labute approximate surface area is 133 Å². The Morgan fingerprint density at radius 2 is 2.27 bits per heavy atom. The highest BCUT2D eigenvalue weighted by Gasteiger charge is 2.46. The molecule has 0 spiro atoms. The third-order valence-electron chi connectivity index (χ3n) is 5.51. The van der Waals surface area contributed by atoms with Crippen LogP contribution in [0.1, 0.15) is 31.2 Å². The molecule has 0 N–H and O–H groups in total. The van der Waals surface area contributed by atoms with Crippen LogP contribution in [0.2, 0.25) is 0 Å². The first-order valence-corrected chi connectivity index (χ1v) is 8.76. The summed E-state index contributed by atoms with van der Waals surface area (Å²) in [6.45, 7) is 4.36. The van der Waals surface area contributed by atoms with E-state index >= 15 is 0 Å². The average molecular weight is 301 g/mol. The molecule has 0 amide bonds. The number of aromatic nitrogens is 1. The summed E-state index contributed by atoms with van der Waals surface area (Å²) in [6.07, 6.45) is 9.63. The molecule has 0 bridgehead atoms. The molecule has 22 heavy (non-hydrogen) atoms. The summed E-state index contributed by atoms with van der Waals surface area (Å²) in [5, 5.41) is 0. The molecule has 1 aromatic heterocycles. The van der Waals surface area contributed by atoms with Crippen LogP contribution in [0.25, 0.3) is 0 Å². The van der Waals surface area contributed by atoms with Gasteiger partial charge in [-0.2, -0.15) is 0 Å². The zero-order valence-electron chi connectivity index (χ0n) is 13.5. The van der Waals surface area contributed by atoms with E-state index in [4.69, 9.17) is 4.74 Å². The second-order valence-electron chi connectivity index (χ2n) is 7.29. The number of fused-ring (bicyclic) bond motifs is 1. The molecule has 0 unspecified atom stereocenters. The summed E-state index contributed by atoms with van der Waals surface area (Å²) in [6, 6.07) is 5.36. The summed E-state index contributed by atoms with van der Waals surface area (Å²) in [5.74, 6) is 0.963. The van der Waals surface area contributed by atoms with Gasteiger partial charge in [0.25, 0.3) is 0 Å². The number of likely N-dealkylation sites (N-methyl/N-ethyl adjacent to an activating group) is 1. The first-order valence-electron chi connectivity index (χ1n) is 8.76. The van der Waals surface area contributed by atoms with Crippen LogP contribution in [0.3, 0.4) is 0 Å². The third-order valence-corrected chi connectivity index (χ3v) is 5.51. The highest BCUT2D eigenvalue weighted by molar-refractivity contribution is 5.10. The number of hydrogen-bond acceptors (Lipinski definition) is 4. The summed E-state index contributed by atoms with van der Waals surface area (Å²) >= 11 is 0. The van der Waals surface area contributed by atoms with Crippen LogP contribution in [0.4, 0.5) is 0 Å². The van der Waals surface area contributed by atoms with Crippen molar-refractivity contribution in [3.8, 4) is 0 Å². The minimum atomic E-state index is 0.397. The Morgan fingerprint density at radius 3 is 3.05 bits per heavy atom. The van der Waals surface area contributed by atoms with E-state index in [1.165, 1.54) is 44.3 Å². The molecule has 4 heteroatoms. The van der Waals surface area contributed by atoms with Crippen LogP contribution in [0.15, 0.2) is 24.5 Å². The SMILES string of the molecule is CN(Cc1cccnc1)[C@@H]1CN(CC2CC2)[C@@H]2CCCO[C@H]12. The fraction of sp³-hybridized carbons (Fsp3) is 0.722. The van der Waals surface area contributed by atoms with Crippen LogP contribution >= 0.6 is 0 Å². The summed E-state index contributed by atoms with van der Waals surface area (Å²) in [5.41, 5.74) is 1.29. The highest BCUT2D eigenvalue weighted by atomic mass is 16.5. The van der Waals surface area contributed by atoms with Gasteiger partial charge in [0.2, 0.25) is 0 Å². The Hall–Kier alpha value is -0.970. The van der Waals surface area contributed by atoms with Crippen LogP contribution < -0.4 is 0 Å². The predicted molar refractivity (Wildman–Crippen MR) is 86.6 cm³/mol. The molecule has 4 rings (SSSR count). The number of rotatable bonds is 5. The molecule has 1 aromatic rings. The molecule has 0 radical (unpaired) electrons. The van der Waals surface area contributed by atoms with Gasteiger partial charge >= 0.3 is 0 Å². The largest absolute Gasteiger partial charge is 0.375 e. The maximum atomic E-state index is 6.21. The fourth-order valence-corrected chi connectivity index (χ4v) is 4.15. The lowest BCUT2D eigenvalue weighted by atomic mass is 10.00. The van der Waals surface area contributed by atoms with Gasteiger partial charge in [0.1, 0.15) is 0 Å². The lowest BCUT2D eigenvalue weighted by molar-refractivity contribution is -0.0381. The Morgan fingerprint density at radius 1 is 1.36 bits per heavy atom. The van der Waals surface area contributed by atoms with E-state index in [-0.39, 0.29) is 0 Å². The van der Waals surface area contributed by atoms with Crippen LogP contribution in [0, 0.1) is 5.92 Å². The maximum Gasteiger partial charge on any atom is 0.0897 e. The first kappa shape index (κ1) is 14.6. The molecule has 3 heterocycles. The number of likely N-dealkylation sites (tertiary alicyclic amines) is 1. The van der Waals surface area contributed by atoms with E-state index in [9.17, 15) is 0 Å². The second-order valence-corrected chi connectivity index (χ2v) is 7.29. The molecular formula is C18H27N3O. The lowest BCUT2D eigenvalue weighted by Gasteiger charge is -2.34. The minimum absolute atomic E-state index is 0.397. The third kappa shape index (κ3) is 3.05. The molecule has 2 saturated heterocycles. The topological polar surface area (TPSA) is 28.6 Å². The highest BCUT2D eigenvalue weighted by Crippen LogP contribution is 2.36. The van der Waals surface area contributed by atoms with Crippen LogP contribution in [0.5, 0.6) is 0 Å². The molecule has 3 aliphatic rings. The van der Waals surface area contributed by atoms with E-state index < -0.39 is 0 Å². The standard InChI is InChI=1S/C18H27N3O/c1-20(11-15-4-2-8-19-10-15)17-13-21(12-14-6-7-14)16-5-3-9-22-18(16)17/h2,4,8,10,14,16-18H,3,5-7,9,11-13H2,1H3/t16-,17-,18+/m1/s1. The summed E-state index contributed by atoms with van der Waals surface area (Å²) < 4.78 is 6.21. The molecule has 1 aliphatic carbocycles. The van der Waals surface area contributed by atoms with E-state index in [2.05, 4.69) is 27.9 Å². The molecule has 3 fully saturated rings. The van der Waals surface area contributed by atoms with Crippen molar-refractivity contribution in [3.63, 3.8) is 0 Å². The number of pyridine rings is 1. The molecule has 120 valence electrons. The van der Waals surface area contributed by atoms with Crippen LogP contribution in [-0.2, 0) is 11.3 Å². The lowest BCUT2D eigenvalue weighted by Crippen LogP contribution is -2.46. The molecule has 1 saturated carbocycles. The van der Waals surface area contributed by atoms with Crippen LogP contribution in [-0.4, -0.2) is 59.7 Å².